The fourth-order valence-corrected chi connectivity index (χ4v) is 5.11. The van der Waals surface area contributed by atoms with Gasteiger partial charge < -0.3 is 5.32 Å². The number of nitrogens with zero attached hydrogens (tertiary/aromatic N) is 3. The zero-order chi connectivity index (χ0) is 18.6. The number of amides is 1. The zero-order valence-corrected chi connectivity index (χ0v) is 15.5. The van der Waals surface area contributed by atoms with Crippen LogP contribution in [0.4, 0.5) is 0 Å². The SMILES string of the molecule is N#Cc1ccc(CN2CCN(CC(=O)NC3CCS(=O)(=O)C3)CC2)cc1. The van der Waals surface area contributed by atoms with E-state index in [0.29, 0.717) is 18.5 Å². The average molecular weight is 376 g/mol. The number of hydrogen-bond donors (Lipinski definition) is 1. The number of rotatable bonds is 5. The van der Waals surface area contributed by atoms with Gasteiger partial charge in [0.1, 0.15) is 0 Å². The molecule has 1 aromatic carbocycles. The van der Waals surface area contributed by atoms with Crippen LogP contribution in [0.25, 0.3) is 0 Å². The second-order valence-corrected chi connectivity index (χ2v) is 9.26. The molecule has 2 fully saturated rings. The highest BCUT2D eigenvalue weighted by Crippen LogP contribution is 2.12. The van der Waals surface area contributed by atoms with Gasteiger partial charge >= 0.3 is 0 Å². The van der Waals surface area contributed by atoms with E-state index in [0.717, 1.165) is 32.7 Å². The summed E-state index contributed by atoms with van der Waals surface area (Å²) in [6.07, 6.45) is 0.520. The monoisotopic (exact) mass is 376 g/mol. The maximum Gasteiger partial charge on any atom is 0.234 e. The third kappa shape index (κ3) is 5.27. The lowest BCUT2D eigenvalue weighted by molar-refractivity contribution is -0.123. The first kappa shape index (κ1) is 18.8. The van der Waals surface area contributed by atoms with Crippen molar-refractivity contribution in [3.05, 3.63) is 35.4 Å². The van der Waals surface area contributed by atoms with Crippen molar-refractivity contribution in [1.82, 2.24) is 15.1 Å². The molecule has 0 spiro atoms. The van der Waals surface area contributed by atoms with Gasteiger partial charge in [-0.15, -0.1) is 0 Å². The van der Waals surface area contributed by atoms with Crippen LogP contribution in [-0.2, 0) is 21.2 Å². The summed E-state index contributed by atoms with van der Waals surface area (Å²) in [6, 6.07) is 9.51. The summed E-state index contributed by atoms with van der Waals surface area (Å²) in [4.78, 5) is 16.6. The van der Waals surface area contributed by atoms with Crippen LogP contribution >= 0.6 is 0 Å². The molecule has 1 amide bonds. The van der Waals surface area contributed by atoms with Crippen LogP contribution < -0.4 is 5.32 Å². The molecule has 0 bridgehead atoms. The van der Waals surface area contributed by atoms with E-state index in [1.807, 2.05) is 24.3 Å². The van der Waals surface area contributed by atoms with E-state index in [1.165, 1.54) is 5.56 Å². The second-order valence-electron chi connectivity index (χ2n) is 7.03. The van der Waals surface area contributed by atoms with Crippen LogP contribution in [0.3, 0.4) is 0 Å². The van der Waals surface area contributed by atoms with Crippen molar-refractivity contribution in [2.24, 2.45) is 0 Å². The standard InChI is InChI=1S/C18H24N4O3S/c19-11-15-1-3-16(4-2-15)12-21-6-8-22(9-7-21)13-18(23)20-17-5-10-26(24,25)14-17/h1-4,17H,5-10,12-14H2,(H,20,23). The molecule has 0 radical (unpaired) electrons. The molecule has 0 aliphatic carbocycles. The van der Waals surface area contributed by atoms with Crippen LogP contribution in [0.15, 0.2) is 24.3 Å². The van der Waals surface area contributed by atoms with E-state index in [4.69, 9.17) is 5.26 Å². The lowest BCUT2D eigenvalue weighted by Crippen LogP contribution is -2.50. The van der Waals surface area contributed by atoms with E-state index < -0.39 is 9.84 Å². The quantitative estimate of drug-likeness (QED) is 0.776. The highest BCUT2D eigenvalue weighted by Gasteiger charge is 2.29. The van der Waals surface area contributed by atoms with Gasteiger partial charge in [-0.2, -0.15) is 5.26 Å². The van der Waals surface area contributed by atoms with E-state index in [2.05, 4.69) is 21.2 Å². The molecule has 0 aromatic heterocycles. The highest BCUT2D eigenvalue weighted by atomic mass is 32.2. The van der Waals surface area contributed by atoms with Crippen LogP contribution in [0.2, 0.25) is 0 Å². The predicted octanol–water partition coefficient (Wildman–Crippen LogP) is -0.0208. The average Bonchev–Trinajstić information content (AvgIpc) is 2.95. The topological polar surface area (TPSA) is 93.5 Å². The summed E-state index contributed by atoms with van der Waals surface area (Å²) in [5, 5.41) is 11.7. The molecular formula is C18H24N4O3S. The van der Waals surface area contributed by atoms with Crippen molar-refractivity contribution in [3.63, 3.8) is 0 Å². The molecule has 0 saturated carbocycles. The lowest BCUT2D eigenvalue weighted by Gasteiger charge is -2.34. The lowest BCUT2D eigenvalue weighted by atomic mass is 10.1. The molecule has 7 nitrogen and oxygen atoms in total. The van der Waals surface area contributed by atoms with Gasteiger partial charge in [-0.3, -0.25) is 14.6 Å². The van der Waals surface area contributed by atoms with E-state index >= 15 is 0 Å². The van der Waals surface area contributed by atoms with Crippen molar-refractivity contribution in [3.8, 4) is 6.07 Å². The molecule has 1 N–H and O–H groups in total. The van der Waals surface area contributed by atoms with Crippen LogP contribution in [0.5, 0.6) is 0 Å². The minimum absolute atomic E-state index is 0.0666. The molecule has 2 heterocycles. The van der Waals surface area contributed by atoms with Crippen molar-refractivity contribution >= 4 is 15.7 Å². The molecular weight excluding hydrogens is 352 g/mol. The molecule has 2 saturated heterocycles. The van der Waals surface area contributed by atoms with Gasteiger partial charge in [0.2, 0.25) is 5.91 Å². The summed E-state index contributed by atoms with van der Waals surface area (Å²) >= 11 is 0. The van der Waals surface area contributed by atoms with Crippen molar-refractivity contribution in [2.75, 3.05) is 44.2 Å². The van der Waals surface area contributed by atoms with Crippen molar-refractivity contribution in [1.29, 1.82) is 5.26 Å². The number of sulfone groups is 1. The molecule has 1 unspecified atom stereocenters. The van der Waals surface area contributed by atoms with Gasteiger partial charge in [0.05, 0.1) is 29.7 Å². The molecule has 8 heteroatoms. The van der Waals surface area contributed by atoms with Gasteiger partial charge in [-0.05, 0) is 24.1 Å². The van der Waals surface area contributed by atoms with Crippen LogP contribution in [0, 0.1) is 11.3 Å². The third-order valence-corrected chi connectivity index (χ3v) is 6.69. The van der Waals surface area contributed by atoms with E-state index in [-0.39, 0.29) is 23.5 Å². The number of nitrogens with one attached hydrogen (secondary N) is 1. The second kappa shape index (κ2) is 8.16. The first-order valence-electron chi connectivity index (χ1n) is 8.87. The molecule has 1 atom stereocenters. The molecule has 2 aliphatic rings. The first-order valence-corrected chi connectivity index (χ1v) is 10.7. The van der Waals surface area contributed by atoms with E-state index in [9.17, 15) is 13.2 Å². The molecule has 3 rings (SSSR count). The Bertz CT molecular complexity index is 778. The van der Waals surface area contributed by atoms with Crippen molar-refractivity contribution < 1.29 is 13.2 Å². The Balaban J connectivity index is 1.39. The van der Waals surface area contributed by atoms with Gasteiger partial charge in [0.25, 0.3) is 0 Å². The van der Waals surface area contributed by atoms with Gasteiger partial charge in [-0.25, -0.2) is 8.42 Å². The van der Waals surface area contributed by atoms with Crippen molar-refractivity contribution in [2.45, 2.75) is 19.0 Å². The minimum Gasteiger partial charge on any atom is -0.351 e. The largest absolute Gasteiger partial charge is 0.351 e. The predicted molar refractivity (Wildman–Crippen MR) is 98.1 cm³/mol. The number of benzene rings is 1. The smallest absolute Gasteiger partial charge is 0.234 e. The van der Waals surface area contributed by atoms with Crippen LogP contribution in [0.1, 0.15) is 17.5 Å². The summed E-state index contributed by atoms with van der Waals surface area (Å²) in [5.41, 5.74) is 1.84. The Kier molecular flexibility index (Phi) is 5.91. The first-order chi connectivity index (χ1) is 12.4. The number of carbonyl (C=O) groups is 1. The summed E-state index contributed by atoms with van der Waals surface area (Å²) < 4.78 is 22.9. The Hall–Kier alpha value is -1.95. The Labute approximate surface area is 154 Å². The number of hydrogen-bond acceptors (Lipinski definition) is 6. The molecule has 140 valence electrons. The fraction of sp³-hybridized carbons (Fsp3) is 0.556. The molecule has 2 aliphatic heterocycles. The van der Waals surface area contributed by atoms with Gasteiger partial charge in [0, 0.05) is 38.8 Å². The number of carbonyl (C=O) groups excluding carboxylic acids is 1. The fourth-order valence-electron chi connectivity index (χ4n) is 3.43. The molecule has 26 heavy (non-hydrogen) atoms. The Morgan fingerprint density at radius 3 is 2.38 bits per heavy atom. The summed E-state index contributed by atoms with van der Waals surface area (Å²) in [5.74, 6) is 0.149. The molecule has 1 aromatic rings. The third-order valence-electron chi connectivity index (χ3n) is 4.92. The van der Waals surface area contributed by atoms with Gasteiger partial charge in [0.15, 0.2) is 9.84 Å². The van der Waals surface area contributed by atoms with Crippen LogP contribution in [-0.4, -0.2) is 74.4 Å². The highest BCUT2D eigenvalue weighted by molar-refractivity contribution is 7.91. The maximum absolute atomic E-state index is 12.1. The number of piperazine rings is 1. The number of nitriles is 1. The van der Waals surface area contributed by atoms with E-state index in [1.54, 1.807) is 0 Å². The Morgan fingerprint density at radius 1 is 1.15 bits per heavy atom. The maximum atomic E-state index is 12.1. The van der Waals surface area contributed by atoms with Gasteiger partial charge in [-0.1, -0.05) is 12.1 Å². The normalized spacial score (nSPS) is 23.4. The zero-order valence-electron chi connectivity index (χ0n) is 14.7. The summed E-state index contributed by atoms with van der Waals surface area (Å²) in [6.45, 7) is 4.54. The Morgan fingerprint density at radius 2 is 1.81 bits per heavy atom. The minimum atomic E-state index is -2.97. The summed E-state index contributed by atoms with van der Waals surface area (Å²) in [7, 11) is -2.97.